The summed E-state index contributed by atoms with van der Waals surface area (Å²) >= 11 is 14.0. The van der Waals surface area contributed by atoms with Crippen molar-refractivity contribution in [1.29, 1.82) is 0 Å². The summed E-state index contributed by atoms with van der Waals surface area (Å²) in [7, 11) is 11.2. The molecule has 0 spiro atoms. The number of aromatic amines is 1. The first-order valence-electron chi connectivity index (χ1n) is 27.4. The zero-order valence-corrected chi connectivity index (χ0v) is 54.8. The lowest BCUT2D eigenvalue weighted by molar-refractivity contribution is 0.0574. The van der Waals surface area contributed by atoms with Crippen molar-refractivity contribution in [3.8, 4) is 0 Å². The highest BCUT2D eigenvalue weighted by Gasteiger charge is 2.36. The number of aromatic nitrogens is 14. The van der Waals surface area contributed by atoms with Crippen molar-refractivity contribution < 1.29 is 43.3 Å². The van der Waals surface area contributed by atoms with Crippen LogP contribution in [-0.2, 0) is 42.4 Å². The molecule has 0 radical (unpaired) electrons. The minimum absolute atomic E-state index is 0. The van der Waals surface area contributed by atoms with Crippen molar-refractivity contribution >= 4 is 143 Å². The number of nitrogens with one attached hydrogen (secondary N) is 2. The molecule has 91 heavy (non-hydrogen) atoms. The number of para-hydroxylation sites is 10. The first-order valence-corrected chi connectivity index (χ1v) is 30.3. The van der Waals surface area contributed by atoms with Gasteiger partial charge in [0.25, 0.3) is 5.91 Å². The molecule has 0 bridgehead atoms. The maximum absolute atomic E-state index is 12.7. The van der Waals surface area contributed by atoms with E-state index in [1.807, 2.05) is 132 Å². The van der Waals surface area contributed by atoms with Crippen LogP contribution in [0.25, 0.3) is 55.2 Å². The number of benzene rings is 5. The van der Waals surface area contributed by atoms with Crippen LogP contribution in [0, 0.1) is 0 Å². The number of halogens is 4. The molecule has 2 aliphatic rings. The number of nitrogens with zero attached hydrogens (tertiary/aromatic N) is 14. The maximum Gasteiger partial charge on any atom is 0.374 e. The normalized spacial score (nSPS) is 12.2. The van der Waals surface area contributed by atoms with E-state index in [-0.39, 0.29) is 35.9 Å². The largest absolute Gasteiger partial charge is 0.475 e. The number of carboxylic acids is 1. The van der Waals surface area contributed by atoms with Gasteiger partial charge in [-0.2, -0.15) is 0 Å². The molecule has 0 aliphatic carbocycles. The van der Waals surface area contributed by atoms with Crippen molar-refractivity contribution in [2.75, 3.05) is 52.4 Å². The van der Waals surface area contributed by atoms with Crippen molar-refractivity contribution in [3.63, 3.8) is 0 Å². The number of rotatable bonds is 7. The number of likely N-dealkylation sites (tertiary alicyclic amines) is 1. The highest BCUT2D eigenvalue weighted by molar-refractivity contribution is 14.1. The molecule has 0 unspecified atom stereocenters. The molecule has 472 valence electrons. The fourth-order valence-electron chi connectivity index (χ4n) is 9.31. The number of esters is 3. The van der Waals surface area contributed by atoms with Crippen molar-refractivity contribution in [2.45, 2.75) is 11.8 Å². The van der Waals surface area contributed by atoms with Gasteiger partial charge in [-0.15, -0.1) is 12.4 Å². The Morgan fingerprint density at radius 2 is 0.835 bits per heavy atom. The van der Waals surface area contributed by atoms with Gasteiger partial charge in [-0.25, -0.2) is 54.1 Å². The number of imidazole rings is 5. The number of carboxylic acid groups (broad SMARTS) is 1. The van der Waals surface area contributed by atoms with Crippen molar-refractivity contribution in [3.05, 3.63) is 197 Å². The van der Waals surface area contributed by atoms with Gasteiger partial charge >= 0.3 is 23.9 Å². The van der Waals surface area contributed by atoms with Crippen LogP contribution >= 0.6 is 58.2 Å². The van der Waals surface area contributed by atoms with Gasteiger partial charge in [-0.3, -0.25) is 14.8 Å². The maximum atomic E-state index is 12.7. The van der Waals surface area contributed by atoms with Crippen LogP contribution in [0.3, 0.4) is 0 Å². The van der Waals surface area contributed by atoms with E-state index >= 15 is 0 Å². The smallest absolute Gasteiger partial charge is 0.374 e. The lowest BCUT2D eigenvalue weighted by atomic mass is 9.96. The average molecular weight is 1410 g/mol. The third kappa shape index (κ3) is 16.1. The van der Waals surface area contributed by atoms with E-state index in [2.05, 4.69) is 92.0 Å². The van der Waals surface area contributed by atoms with Gasteiger partial charge in [0.1, 0.15) is 0 Å². The highest BCUT2D eigenvalue weighted by Crippen LogP contribution is 2.31. The third-order valence-corrected chi connectivity index (χ3v) is 14.7. The third-order valence-electron chi connectivity index (χ3n) is 14.1. The van der Waals surface area contributed by atoms with E-state index in [1.54, 1.807) is 70.6 Å². The Bertz CT molecular complexity index is 4380. The van der Waals surface area contributed by atoms with E-state index in [1.165, 1.54) is 21.3 Å². The number of fused-ring (bicyclic) bond motifs is 5. The zero-order valence-electron chi connectivity index (χ0n) is 50.4. The first-order chi connectivity index (χ1) is 43.5. The van der Waals surface area contributed by atoms with Gasteiger partial charge in [0.05, 0.1) is 87.9 Å². The predicted molar refractivity (Wildman–Crippen MR) is 355 cm³/mol. The summed E-state index contributed by atoms with van der Waals surface area (Å²) in [5.74, 6) is -0.324. The number of hydrogen-bond donors (Lipinski definition) is 3. The van der Waals surface area contributed by atoms with Gasteiger partial charge < -0.3 is 52.8 Å². The number of hydrogen-bond acceptors (Lipinski definition) is 18. The van der Waals surface area contributed by atoms with Crippen LogP contribution in [-0.4, -0.2) is 160 Å². The average Bonchev–Trinajstić information content (AvgIpc) is 2.02. The summed E-state index contributed by atoms with van der Waals surface area (Å²) in [6, 6.07) is 37.6. The van der Waals surface area contributed by atoms with E-state index in [0.29, 0.717) is 52.3 Å². The van der Waals surface area contributed by atoms with Crippen LogP contribution in [0.5, 0.6) is 0 Å². The van der Waals surface area contributed by atoms with Crippen molar-refractivity contribution in [1.82, 2.24) is 78.3 Å². The Hall–Kier alpha value is -9.48. The topological polar surface area (TPSA) is 300 Å². The minimum atomic E-state index is -1.00. The molecule has 1 amide bonds. The van der Waals surface area contributed by atoms with Gasteiger partial charge in [-0.05, 0) is 65.6 Å². The molecule has 25 nitrogen and oxygen atoms in total. The van der Waals surface area contributed by atoms with Crippen LogP contribution in [0.1, 0.15) is 76.3 Å². The SMILES string of the molecule is CI.COC(=O)c1nc2ccccc2[nH]1.COC(=O)c1nc2ccccc2n1C.COC(=O)c1nc2ccccc2n1C.Cl.Clc1nccnc1C1CNC1.Cn1c(C(=O)N2CC(c3nccnc3Cl)C2)nc2ccccc21.Cn1c(C(=O)O)nc2ccccc21. The summed E-state index contributed by atoms with van der Waals surface area (Å²) in [6.07, 6.45) is 6.47. The van der Waals surface area contributed by atoms with E-state index < -0.39 is 23.9 Å². The molecule has 29 heteroatoms. The number of aromatic carboxylic acids is 1. The van der Waals surface area contributed by atoms with E-state index in [0.717, 1.165) is 74.1 Å². The molecule has 2 aliphatic heterocycles. The summed E-state index contributed by atoms with van der Waals surface area (Å²) in [5.41, 5.74) is 10.0. The number of carbonyl (C=O) groups excluding carboxylic acids is 4. The molecule has 12 aromatic rings. The number of ether oxygens (including phenoxy) is 3. The molecule has 0 atom stereocenters. The Balaban J connectivity index is 0.000000157. The fraction of sp³-hybridized carbons (Fsp3) is 0.226. The fourth-order valence-corrected chi connectivity index (χ4v) is 9.83. The van der Waals surface area contributed by atoms with E-state index in [4.69, 9.17) is 28.3 Å². The lowest BCUT2D eigenvalue weighted by Crippen LogP contribution is -2.49. The second kappa shape index (κ2) is 32.3. The van der Waals surface area contributed by atoms with Crippen LogP contribution in [0.15, 0.2) is 146 Å². The molecule has 7 aromatic heterocycles. The molecular formula is C62H62Cl3IN16O9. The quantitative estimate of drug-likeness (QED) is 0.0578. The molecule has 14 rings (SSSR count). The van der Waals surface area contributed by atoms with E-state index in [9.17, 15) is 24.0 Å². The predicted octanol–water partition coefficient (Wildman–Crippen LogP) is 9.89. The lowest BCUT2D eigenvalue weighted by Gasteiger charge is -2.38. The summed E-state index contributed by atoms with van der Waals surface area (Å²) in [4.78, 5) is 101. The Morgan fingerprint density at radius 1 is 0.484 bits per heavy atom. The number of carbonyl (C=O) groups is 5. The second-order valence-electron chi connectivity index (χ2n) is 19.5. The zero-order chi connectivity index (χ0) is 64.6. The second-order valence-corrected chi connectivity index (χ2v) is 20.3. The molecule has 5 aromatic carbocycles. The molecule has 2 fully saturated rings. The van der Waals surface area contributed by atoms with Crippen LogP contribution < -0.4 is 5.32 Å². The van der Waals surface area contributed by atoms with Gasteiger partial charge in [0.2, 0.25) is 23.3 Å². The molecule has 3 N–H and O–H groups in total. The van der Waals surface area contributed by atoms with Gasteiger partial charge in [0.15, 0.2) is 16.1 Å². The number of alkyl halides is 1. The summed E-state index contributed by atoms with van der Waals surface area (Å²) < 4.78 is 20.6. The molecule has 9 heterocycles. The number of H-pyrrole nitrogens is 1. The first kappa shape index (κ1) is 69.0. The molecule has 2 saturated heterocycles. The summed E-state index contributed by atoms with van der Waals surface area (Å²) in [6.45, 7) is 3.11. The van der Waals surface area contributed by atoms with Gasteiger partial charge in [-0.1, -0.05) is 106 Å². The number of methoxy groups -OCH3 is 3. The summed E-state index contributed by atoms with van der Waals surface area (Å²) in [5, 5.41) is 12.9. The highest BCUT2D eigenvalue weighted by atomic mass is 127. The van der Waals surface area contributed by atoms with Crippen LogP contribution in [0.2, 0.25) is 10.3 Å². The Kier molecular flexibility index (Phi) is 24.5. The monoisotopic (exact) mass is 1410 g/mol. The minimum Gasteiger partial charge on any atom is -0.475 e. The van der Waals surface area contributed by atoms with Crippen molar-refractivity contribution in [2.24, 2.45) is 28.2 Å². The number of aryl methyl sites for hydroxylation is 4. The molecule has 0 saturated carbocycles. The Labute approximate surface area is 550 Å². The Morgan fingerprint density at radius 3 is 1.21 bits per heavy atom. The van der Waals surface area contributed by atoms with Crippen LogP contribution in [0.4, 0.5) is 0 Å². The molecular weight excluding hydrogens is 1350 g/mol. The van der Waals surface area contributed by atoms with Gasteiger partial charge in [0, 0.05) is 91.0 Å². The standard InChI is InChI=1S/C16H14ClN5O.2C10H10N2O2.2C9H8N2O2.C7H8ClN3.CH3I.ClH/c1-21-12-5-3-2-4-11(12)20-15(21)16(23)22-8-10(9-22)13-14(17)19-7-6-18-13;2*1-12-8-6-4-3-5-7(8)11-9(12)10(13)14-2;1-13-9(12)8-10-6-4-2-3-5-7(6)11-8;1-11-7-5-3-2-4-6(7)10-8(11)9(12)13;8-7-6(5-3-9-4-5)10-1-2-11-7;1-2;/h2-7,10H,8-9H2,1H3;2*3-6H,1-2H3;2-5H,1H3,(H,10,11);2-5H,1H3,(H,12,13);1-2,5,9H,3-4H2;1H3;1H. The number of amides is 1.